The van der Waals surface area contributed by atoms with E-state index in [4.69, 9.17) is 4.74 Å². The van der Waals surface area contributed by atoms with Crippen molar-refractivity contribution in [3.8, 4) is 0 Å². The quantitative estimate of drug-likeness (QED) is 0.731. The van der Waals surface area contributed by atoms with Crippen LogP contribution in [-0.4, -0.2) is 25.2 Å². The molecule has 3 nitrogen and oxygen atoms in total. The van der Waals surface area contributed by atoms with Gasteiger partial charge in [0.05, 0.1) is 5.92 Å². The Bertz CT molecular complexity index is 228. The fourth-order valence-electron chi connectivity index (χ4n) is 2.66. The monoisotopic (exact) mass is 225 g/mol. The first kappa shape index (κ1) is 11.9. The van der Waals surface area contributed by atoms with Crippen molar-refractivity contribution in [3.63, 3.8) is 0 Å². The largest absolute Gasteiger partial charge is 0.462 e. The molecule has 2 aliphatic rings. The molecule has 0 amide bonds. The third-order valence-corrected chi connectivity index (χ3v) is 3.88. The van der Waals surface area contributed by atoms with Gasteiger partial charge in [-0.3, -0.25) is 4.79 Å². The normalized spacial score (nSPS) is 35.7. The van der Waals surface area contributed by atoms with E-state index < -0.39 is 0 Å². The minimum atomic E-state index is 0.0340. The number of esters is 1. The van der Waals surface area contributed by atoms with Gasteiger partial charge in [0.25, 0.3) is 0 Å². The Morgan fingerprint density at radius 3 is 2.56 bits per heavy atom. The van der Waals surface area contributed by atoms with Crippen LogP contribution in [0.3, 0.4) is 0 Å². The fourth-order valence-corrected chi connectivity index (χ4v) is 2.66. The van der Waals surface area contributed by atoms with Crippen LogP contribution in [0.2, 0.25) is 0 Å². The van der Waals surface area contributed by atoms with Crippen molar-refractivity contribution in [1.29, 1.82) is 0 Å². The van der Waals surface area contributed by atoms with Gasteiger partial charge in [0, 0.05) is 6.54 Å². The molecule has 0 unspecified atom stereocenters. The van der Waals surface area contributed by atoms with Crippen molar-refractivity contribution >= 4 is 5.97 Å². The van der Waals surface area contributed by atoms with Gasteiger partial charge in [-0.1, -0.05) is 6.92 Å². The van der Waals surface area contributed by atoms with Crippen LogP contribution >= 0.6 is 0 Å². The molecule has 1 heterocycles. The highest BCUT2D eigenvalue weighted by atomic mass is 16.5. The summed E-state index contributed by atoms with van der Waals surface area (Å²) in [5, 5.41) is 3.26. The molecule has 1 saturated carbocycles. The minimum Gasteiger partial charge on any atom is -0.462 e. The lowest BCUT2D eigenvalue weighted by atomic mass is 9.89. The fraction of sp³-hybridized carbons (Fsp3) is 0.923. The van der Waals surface area contributed by atoms with E-state index in [9.17, 15) is 4.79 Å². The Kier molecular flexibility index (Phi) is 4.22. The molecule has 1 aliphatic heterocycles. The number of rotatable bonds is 2. The number of ether oxygens (including phenoxy) is 1. The number of hydrogen-bond acceptors (Lipinski definition) is 3. The summed E-state index contributed by atoms with van der Waals surface area (Å²) in [6.45, 7) is 4.13. The molecule has 1 aliphatic carbocycles. The lowest BCUT2D eigenvalue weighted by molar-refractivity contribution is -0.156. The second kappa shape index (κ2) is 5.67. The predicted octanol–water partition coefficient (Wildman–Crippen LogP) is 2.11. The summed E-state index contributed by atoms with van der Waals surface area (Å²) >= 11 is 0. The van der Waals surface area contributed by atoms with Crippen LogP contribution in [0.25, 0.3) is 0 Å². The van der Waals surface area contributed by atoms with E-state index in [0.717, 1.165) is 44.7 Å². The van der Waals surface area contributed by atoms with Gasteiger partial charge in [0.1, 0.15) is 6.10 Å². The molecule has 0 bridgehead atoms. The molecule has 2 rings (SSSR count). The van der Waals surface area contributed by atoms with E-state index in [1.807, 2.05) is 0 Å². The summed E-state index contributed by atoms with van der Waals surface area (Å²) in [5.74, 6) is 0.950. The van der Waals surface area contributed by atoms with Gasteiger partial charge >= 0.3 is 5.97 Å². The van der Waals surface area contributed by atoms with Gasteiger partial charge in [0.15, 0.2) is 0 Å². The van der Waals surface area contributed by atoms with E-state index in [1.165, 1.54) is 12.8 Å². The van der Waals surface area contributed by atoms with Crippen LogP contribution < -0.4 is 5.32 Å². The number of hydrogen-bond donors (Lipinski definition) is 1. The van der Waals surface area contributed by atoms with Crippen LogP contribution in [-0.2, 0) is 9.53 Å². The summed E-state index contributed by atoms with van der Waals surface area (Å²) in [7, 11) is 0. The third-order valence-electron chi connectivity index (χ3n) is 3.88. The van der Waals surface area contributed by atoms with Crippen LogP contribution in [0.5, 0.6) is 0 Å². The highest BCUT2D eigenvalue weighted by molar-refractivity contribution is 5.73. The van der Waals surface area contributed by atoms with Gasteiger partial charge < -0.3 is 10.1 Å². The zero-order valence-electron chi connectivity index (χ0n) is 10.2. The minimum absolute atomic E-state index is 0.0340. The summed E-state index contributed by atoms with van der Waals surface area (Å²) in [6, 6.07) is 0. The Hall–Kier alpha value is -0.570. The first-order chi connectivity index (χ1) is 7.75. The van der Waals surface area contributed by atoms with Crippen molar-refractivity contribution in [2.45, 2.75) is 51.6 Å². The van der Waals surface area contributed by atoms with Gasteiger partial charge in [-0.15, -0.1) is 0 Å². The number of carbonyl (C=O) groups excluding carboxylic acids is 1. The summed E-state index contributed by atoms with van der Waals surface area (Å²) < 4.78 is 5.60. The smallest absolute Gasteiger partial charge is 0.310 e. The molecule has 3 heteroatoms. The number of nitrogens with one attached hydrogen (secondary N) is 1. The SMILES string of the molecule is CC1CCC(OC(=O)[C@H]2CCCNC2)CC1. The molecule has 1 N–H and O–H groups in total. The molecule has 0 aromatic heterocycles. The second-order valence-corrected chi connectivity index (χ2v) is 5.36. The van der Waals surface area contributed by atoms with E-state index in [1.54, 1.807) is 0 Å². The lowest BCUT2D eigenvalue weighted by Gasteiger charge is -2.28. The molecule has 0 aromatic carbocycles. The van der Waals surface area contributed by atoms with E-state index in [-0.39, 0.29) is 18.0 Å². The van der Waals surface area contributed by atoms with Crippen LogP contribution in [0.1, 0.15) is 45.4 Å². The Morgan fingerprint density at radius 2 is 1.94 bits per heavy atom. The van der Waals surface area contributed by atoms with Crippen LogP contribution in [0.4, 0.5) is 0 Å². The molecule has 1 atom stereocenters. The zero-order valence-corrected chi connectivity index (χ0v) is 10.2. The Balaban J connectivity index is 1.73. The highest BCUT2D eigenvalue weighted by Crippen LogP contribution is 2.26. The van der Waals surface area contributed by atoms with Crippen molar-refractivity contribution < 1.29 is 9.53 Å². The molecular weight excluding hydrogens is 202 g/mol. The van der Waals surface area contributed by atoms with E-state index in [2.05, 4.69) is 12.2 Å². The van der Waals surface area contributed by atoms with Crippen molar-refractivity contribution in [3.05, 3.63) is 0 Å². The number of piperidine rings is 1. The molecule has 0 spiro atoms. The molecule has 1 saturated heterocycles. The second-order valence-electron chi connectivity index (χ2n) is 5.36. The highest BCUT2D eigenvalue weighted by Gasteiger charge is 2.27. The van der Waals surface area contributed by atoms with E-state index in [0.29, 0.717) is 0 Å². The average Bonchev–Trinajstić information content (AvgIpc) is 2.33. The zero-order chi connectivity index (χ0) is 11.4. The molecule has 92 valence electrons. The van der Waals surface area contributed by atoms with Crippen molar-refractivity contribution in [2.75, 3.05) is 13.1 Å². The van der Waals surface area contributed by atoms with Gasteiger partial charge in [-0.2, -0.15) is 0 Å². The Labute approximate surface area is 97.9 Å². The first-order valence-electron chi connectivity index (χ1n) is 6.67. The van der Waals surface area contributed by atoms with E-state index >= 15 is 0 Å². The maximum absolute atomic E-state index is 11.9. The molecule has 0 aromatic rings. The lowest BCUT2D eigenvalue weighted by Crippen LogP contribution is -2.37. The van der Waals surface area contributed by atoms with Crippen LogP contribution in [0, 0.1) is 11.8 Å². The van der Waals surface area contributed by atoms with Gasteiger partial charge in [0.2, 0.25) is 0 Å². The standard InChI is InChI=1S/C13H23NO2/c1-10-4-6-12(7-5-10)16-13(15)11-3-2-8-14-9-11/h10-12,14H,2-9H2,1H3/t10?,11-,12?/m0/s1. The maximum atomic E-state index is 11.9. The molecular formula is C13H23NO2. The maximum Gasteiger partial charge on any atom is 0.310 e. The summed E-state index contributed by atoms with van der Waals surface area (Å²) in [5.41, 5.74) is 0. The third kappa shape index (κ3) is 3.21. The van der Waals surface area contributed by atoms with Crippen LogP contribution in [0.15, 0.2) is 0 Å². The number of carbonyl (C=O) groups is 1. The topological polar surface area (TPSA) is 38.3 Å². The first-order valence-corrected chi connectivity index (χ1v) is 6.67. The van der Waals surface area contributed by atoms with Crippen molar-refractivity contribution in [1.82, 2.24) is 5.32 Å². The predicted molar refractivity (Wildman–Crippen MR) is 63.1 cm³/mol. The molecule has 16 heavy (non-hydrogen) atoms. The van der Waals surface area contributed by atoms with Gasteiger partial charge in [-0.05, 0) is 51.0 Å². The molecule has 2 fully saturated rings. The summed E-state index contributed by atoms with van der Waals surface area (Å²) in [4.78, 5) is 11.9. The summed E-state index contributed by atoms with van der Waals surface area (Å²) in [6.07, 6.45) is 6.84. The Morgan fingerprint density at radius 1 is 1.19 bits per heavy atom. The van der Waals surface area contributed by atoms with Crippen molar-refractivity contribution in [2.24, 2.45) is 11.8 Å². The van der Waals surface area contributed by atoms with Gasteiger partial charge in [-0.25, -0.2) is 0 Å². The average molecular weight is 225 g/mol. The molecule has 0 radical (unpaired) electrons.